The molecule has 0 saturated carbocycles. The van der Waals surface area contributed by atoms with Crippen LogP contribution in [0.1, 0.15) is 17.2 Å². The molecular weight excluding hydrogens is 318 g/mol. The smallest absolute Gasteiger partial charge is 0.0548 e. The van der Waals surface area contributed by atoms with E-state index in [0.717, 1.165) is 15.9 Å². The Morgan fingerprint density at radius 2 is 2.24 bits per heavy atom. The lowest BCUT2D eigenvalue weighted by Crippen LogP contribution is -2.18. The summed E-state index contributed by atoms with van der Waals surface area (Å²) in [6.07, 6.45) is 0.994. The highest BCUT2D eigenvalue weighted by Gasteiger charge is 2.11. The fraction of sp³-hybridized carbons (Fsp3) is 0.231. The van der Waals surface area contributed by atoms with Crippen molar-refractivity contribution in [2.24, 2.45) is 0 Å². The van der Waals surface area contributed by atoms with Crippen LogP contribution in [0.5, 0.6) is 0 Å². The van der Waals surface area contributed by atoms with Crippen LogP contribution in [-0.4, -0.2) is 7.05 Å². The summed E-state index contributed by atoms with van der Waals surface area (Å²) in [4.78, 5) is 0. The van der Waals surface area contributed by atoms with E-state index in [1.54, 1.807) is 11.3 Å². The molecule has 0 radical (unpaired) electrons. The topological polar surface area (TPSA) is 12.0 Å². The van der Waals surface area contributed by atoms with Crippen LogP contribution in [0.2, 0.25) is 5.02 Å². The molecule has 1 aromatic heterocycles. The Bertz CT molecular complexity index is 484. The van der Waals surface area contributed by atoms with Crippen molar-refractivity contribution in [2.75, 3.05) is 7.05 Å². The molecule has 1 nitrogen and oxygen atoms in total. The minimum Gasteiger partial charge on any atom is -0.313 e. The summed E-state index contributed by atoms with van der Waals surface area (Å²) in [5, 5.41) is 8.39. The zero-order valence-corrected chi connectivity index (χ0v) is 12.6. The van der Waals surface area contributed by atoms with Crippen molar-refractivity contribution in [3.05, 3.63) is 55.6 Å². The number of likely N-dealkylation sites (N-methyl/N-ethyl adjacent to an activating group) is 1. The molecule has 0 bridgehead atoms. The van der Waals surface area contributed by atoms with Crippen molar-refractivity contribution in [2.45, 2.75) is 12.5 Å². The lowest BCUT2D eigenvalue weighted by molar-refractivity contribution is 0.592. The van der Waals surface area contributed by atoms with E-state index in [9.17, 15) is 0 Å². The van der Waals surface area contributed by atoms with Crippen molar-refractivity contribution in [3.8, 4) is 0 Å². The quantitative estimate of drug-likeness (QED) is 0.859. The van der Waals surface area contributed by atoms with Gasteiger partial charge in [-0.15, -0.1) is 0 Å². The Morgan fingerprint density at radius 1 is 1.41 bits per heavy atom. The number of benzene rings is 1. The molecule has 17 heavy (non-hydrogen) atoms. The molecule has 1 N–H and O–H groups in total. The van der Waals surface area contributed by atoms with Crippen molar-refractivity contribution < 1.29 is 0 Å². The predicted octanol–water partition coefficient (Wildman–Crippen LogP) is 4.67. The molecule has 2 rings (SSSR count). The van der Waals surface area contributed by atoms with Gasteiger partial charge in [-0.3, -0.25) is 0 Å². The van der Waals surface area contributed by atoms with E-state index in [0.29, 0.717) is 6.04 Å². The lowest BCUT2D eigenvalue weighted by atomic mass is 10.0. The number of nitrogens with one attached hydrogen (secondary N) is 1. The minimum absolute atomic E-state index is 0.318. The lowest BCUT2D eigenvalue weighted by Gasteiger charge is -2.16. The molecule has 0 aliphatic carbocycles. The van der Waals surface area contributed by atoms with Gasteiger partial charge in [0.2, 0.25) is 0 Å². The minimum atomic E-state index is 0.318. The van der Waals surface area contributed by atoms with Gasteiger partial charge in [0, 0.05) is 10.5 Å². The zero-order chi connectivity index (χ0) is 12.3. The molecule has 1 atom stereocenters. The van der Waals surface area contributed by atoms with Crippen molar-refractivity contribution >= 4 is 38.9 Å². The summed E-state index contributed by atoms with van der Waals surface area (Å²) < 4.78 is 0.947. The first kappa shape index (κ1) is 13.1. The van der Waals surface area contributed by atoms with Gasteiger partial charge in [-0.1, -0.05) is 17.7 Å². The number of halogens is 2. The average molecular weight is 331 g/mol. The summed E-state index contributed by atoms with van der Waals surface area (Å²) in [6.45, 7) is 0. The van der Waals surface area contributed by atoms with Crippen LogP contribution in [0.4, 0.5) is 0 Å². The maximum absolute atomic E-state index is 6.01. The SMILES string of the molecule is CNC(Cc1ccsc1)c1ccc(Cl)c(Br)c1. The third kappa shape index (κ3) is 3.32. The Kier molecular flexibility index (Phi) is 4.62. The van der Waals surface area contributed by atoms with Crippen LogP contribution in [-0.2, 0) is 6.42 Å². The van der Waals surface area contributed by atoms with Crippen LogP contribution in [0.25, 0.3) is 0 Å². The van der Waals surface area contributed by atoms with Gasteiger partial charge in [-0.05, 0) is 69.5 Å². The van der Waals surface area contributed by atoms with E-state index in [-0.39, 0.29) is 0 Å². The van der Waals surface area contributed by atoms with Crippen LogP contribution >= 0.6 is 38.9 Å². The number of thiophene rings is 1. The molecule has 2 aromatic rings. The molecule has 1 unspecified atom stereocenters. The van der Waals surface area contributed by atoms with Gasteiger partial charge < -0.3 is 5.32 Å². The molecule has 0 amide bonds. The summed E-state index contributed by atoms with van der Waals surface area (Å²) in [5.74, 6) is 0. The van der Waals surface area contributed by atoms with Gasteiger partial charge in [-0.25, -0.2) is 0 Å². The first-order chi connectivity index (χ1) is 8.20. The molecule has 1 heterocycles. The van der Waals surface area contributed by atoms with Crippen molar-refractivity contribution in [1.29, 1.82) is 0 Å². The fourth-order valence-electron chi connectivity index (χ4n) is 1.76. The van der Waals surface area contributed by atoms with Crippen molar-refractivity contribution in [3.63, 3.8) is 0 Å². The fourth-order valence-corrected chi connectivity index (χ4v) is 2.96. The van der Waals surface area contributed by atoms with E-state index >= 15 is 0 Å². The van der Waals surface area contributed by atoms with Gasteiger partial charge in [0.15, 0.2) is 0 Å². The normalized spacial score (nSPS) is 12.6. The molecule has 0 fully saturated rings. The summed E-state index contributed by atoms with van der Waals surface area (Å²) >= 11 is 11.2. The monoisotopic (exact) mass is 329 g/mol. The van der Waals surface area contributed by atoms with Crippen LogP contribution < -0.4 is 5.32 Å². The van der Waals surface area contributed by atoms with Gasteiger partial charge in [0.05, 0.1) is 5.02 Å². The Balaban J connectivity index is 2.20. The Hall–Kier alpha value is -0.350. The van der Waals surface area contributed by atoms with E-state index in [2.05, 4.69) is 50.2 Å². The third-order valence-corrected chi connectivity index (χ3v) is 4.66. The average Bonchev–Trinajstić information content (AvgIpc) is 2.82. The van der Waals surface area contributed by atoms with Crippen LogP contribution in [0.15, 0.2) is 39.5 Å². The van der Waals surface area contributed by atoms with Gasteiger partial charge >= 0.3 is 0 Å². The first-order valence-corrected chi connectivity index (χ1v) is 7.45. The summed E-state index contributed by atoms with van der Waals surface area (Å²) in [7, 11) is 1.99. The number of hydrogen-bond donors (Lipinski definition) is 1. The highest BCUT2D eigenvalue weighted by molar-refractivity contribution is 9.10. The highest BCUT2D eigenvalue weighted by atomic mass is 79.9. The summed E-state index contributed by atoms with van der Waals surface area (Å²) in [6, 6.07) is 8.56. The summed E-state index contributed by atoms with van der Waals surface area (Å²) in [5.41, 5.74) is 2.61. The van der Waals surface area contributed by atoms with E-state index < -0.39 is 0 Å². The number of rotatable bonds is 4. The predicted molar refractivity (Wildman–Crippen MR) is 79.0 cm³/mol. The molecule has 4 heteroatoms. The highest BCUT2D eigenvalue weighted by Crippen LogP contribution is 2.27. The molecule has 0 spiro atoms. The molecule has 1 aromatic carbocycles. The molecule has 90 valence electrons. The van der Waals surface area contributed by atoms with Gasteiger partial charge in [0.1, 0.15) is 0 Å². The zero-order valence-electron chi connectivity index (χ0n) is 9.41. The molecule has 0 aliphatic rings. The largest absolute Gasteiger partial charge is 0.313 e. The van der Waals surface area contributed by atoms with Gasteiger partial charge in [-0.2, -0.15) is 11.3 Å². The van der Waals surface area contributed by atoms with Crippen molar-refractivity contribution in [1.82, 2.24) is 5.32 Å². The molecule has 0 aliphatic heterocycles. The maximum atomic E-state index is 6.01. The standard InChI is InChI=1S/C13H13BrClNS/c1-16-13(6-9-4-5-17-8-9)10-2-3-12(15)11(14)7-10/h2-5,7-8,13,16H,6H2,1H3. The molecular formula is C13H13BrClNS. The van der Waals surface area contributed by atoms with Crippen LogP contribution in [0.3, 0.4) is 0 Å². The second kappa shape index (κ2) is 6.01. The second-order valence-electron chi connectivity index (χ2n) is 3.85. The number of hydrogen-bond acceptors (Lipinski definition) is 2. The van der Waals surface area contributed by atoms with Crippen LogP contribution in [0, 0.1) is 0 Å². The third-order valence-electron chi connectivity index (χ3n) is 2.71. The van der Waals surface area contributed by atoms with E-state index in [1.165, 1.54) is 11.1 Å². The van der Waals surface area contributed by atoms with E-state index in [1.807, 2.05) is 13.1 Å². The van der Waals surface area contributed by atoms with Gasteiger partial charge in [0.25, 0.3) is 0 Å². The Morgan fingerprint density at radius 3 is 2.82 bits per heavy atom. The van der Waals surface area contributed by atoms with E-state index in [4.69, 9.17) is 11.6 Å². The Labute approximate surface area is 119 Å². The first-order valence-electron chi connectivity index (χ1n) is 5.34. The maximum Gasteiger partial charge on any atom is 0.0548 e. The second-order valence-corrected chi connectivity index (χ2v) is 5.89. The molecule has 0 saturated heterocycles.